The highest BCUT2D eigenvalue weighted by atomic mass is 16.3. The number of hydrogen-bond acceptors (Lipinski definition) is 3. The van der Waals surface area contributed by atoms with Gasteiger partial charge in [-0.25, -0.2) is 4.79 Å². The maximum Gasteiger partial charge on any atom is 0.329 e. The number of benzene rings is 4. The van der Waals surface area contributed by atoms with Gasteiger partial charge in [0, 0.05) is 70.5 Å². The topological polar surface area (TPSA) is 70.7 Å². The van der Waals surface area contributed by atoms with Gasteiger partial charge in [-0.05, 0) is 78.5 Å². The lowest BCUT2D eigenvalue weighted by atomic mass is 9.94. The van der Waals surface area contributed by atoms with Crippen molar-refractivity contribution in [2.75, 3.05) is 13.1 Å². The van der Waals surface area contributed by atoms with E-state index in [1.807, 2.05) is 6.92 Å². The summed E-state index contributed by atoms with van der Waals surface area (Å²) in [5.74, 6) is -0.431. The highest BCUT2D eigenvalue weighted by molar-refractivity contribution is 6.11. The Bertz CT molecular complexity index is 2370. The summed E-state index contributed by atoms with van der Waals surface area (Å²) in [5.41, 5.74) is 5.26. The summed E-state index contributed by atoms with van der Waals surface area (Å²) in [6.45, 7) is 4.13. The van der Waals surface area contributed by atoms with Crippen LogP contribution in [0.4, 0.5) is 4.79 Å². The molecule has 0 radical (unpaired) electrons. The molecule has 3 heterocycles. The number of rotatable bonds is 4. The summed E-state index contributed by atoms with van der Waals surface area (Å²) in [6, 6.07) is 25.0. The van der Waals surface area contributed by atoms with Crippen LogP contribution in [0.5, 0.6) is 0 Å². The molecule has 1 aliphatic carbocycles. The van der Waals surface area contributed by atoms with Gasteiger partial charge in [-0.2, -0.15) is 0 Å². The summed E-state index contributed by atoms with van der Waals surface area (Å²) < 4.78 is 4.42. The highest BCUT2D eigenvalue weighted by Crippen LogP contribution is 2.41. The van der Waals surface area contributed by atoms with Crippen molar-refractivity contribution in [3.63, 3.8) is 0 Å². The van der Waals surface area contributed by atoms with E-state index < -0.39 is 18.2 Å². The molecule has 1 aliphatic heterocycles. The molecule has 2 fully saturated rings. The van der Waals surface area contributed by atoms with E-state index in [2.05, 4.69) is 120 Å². The first-order valence-electron chi connectivity index (χ1n) is 16.7. The lowest BCUT2D eigenvalue weighted by Gasteiger charge is -2.39. The zero-order chi connectivity index (χ0) is 33.3. The first-order chi connectivity index (χ1) is 23.3. The first kappa shape index (κ1) is 30.0. The Kier molecular flexibility index (Phi) is 7.11. The van der Waals surface area contributed by atoms with Crippen LogP contribution in [0.3, 0.4) is 0 Å². The van der Waals surface area contributed by atoms with Crippen LogP contribution in [0.1, 0.15) is 26.7 Å². The number of carbonyl (C=O) groups excluding carboxylic acids is 2. The van der Waals surface area contributed by atoms with E-state index in [0.717, 1.165) is 38.5 Å². The number of aliphatic hydroxyl groups excluding tert-OH is 1. The molecule has 7 heteroatoms. The Morgan fingerprint density at radius 1 is 0.688 bits per heavy atom. The molecule has 240 valence electrons. The monoisotopic (exact) mass is 634 g/mol. The Balaban J connectivity index is 1.36. The fourth-order valence-corrected chi connectivity index (χ4v) is 8.00. The number of imide groups is 1. The zero-order valence-electron chi connectivity index (χ0n) is 27.7. The van der Waals surface area contributed by atoms with Crippen LogP contribution in [0, 0.1) is 0 Å². The number of hydrogen-bond donors (Lipinski definition) is 1. The van der Waals surface area contributed by atoms with Crippen LogP contribution < -0.4 is 10.7 Å². The standard InChI is InChI=1S/C41H38N4O3/c1-5-44-39(46)38(40(47)45(6-2)41(44)48)35-27(21-23-31-29-15-7-11-25-13-9-17-33(36(25)29)42(31)3)19-20-28(35)22-24-32-30-16-8-12-26-14-10-18-34(37(26)30)43(32)4/h7-18,21-24,39,46H,5-6,19-20H2,1-4H3/b27-21-,28-22+,31-23-,32-24-,38-35+. The van der Waals surface area contributed by atoms with Gasteiger partial charge in [-0.1, -0.05) is 72.8 Å². The van der Waals surface area contributed by atoms with Gasteiger partial charge in [0.2, 0.25) is 0 Å². The van der Waals surface area contributed by atoms with Gasteiger partial charge in [-0.3, -0.25) is 14.6 Å². The lowest BCUT2D eigenvalue weighted by molar-refractivity contribution is -0.130. The predicted molar refractivity (Wildman–Crippen MR) is 194 cm³/mol. The van der Waals surface area contributed by atoms with Gasteiger partial charge >= 0.3 is 6.03 Å². The molecule has 2 aliphatic rings. The minimum absolute atomic E-state index is 0.226. The maximum atomic E-state index is 14.1. The number of aromatic nitrogens is 2. The molecule has 8 rings (SSSR count). The minimum atomic E-state index is -1.34. The largest absolute Gasteiger partial charge is 0.369 e. The number of allylic oxidation sites excluding steroid dienone is 5. The van der Waals surface area contributed by atoms with Gasteiger partial charge < -0.3 is 14.2 Å². The van der Waals surface area contributed by atoms with Crippen molar-refractivity contribution in [2.45, 2.75) is 32.9 Å². The molecule has 2 aromatic heterocycles. The number of urea groups is 1. The number of nitrogens with zero attached hydrogens (tertiary/aromatic N) is 4. The number of aryl methyl sites for hydroxylation is 2. The Morgan fingerprint density at radius 3 is 1.62 bits per heavy atom. The third-order valence-corrected chi connectivity index (χ3v) is 10.4. The zero-order valence-corrected chi connectivity index (χ0v) is 27.7. The summed E-state index contributed by atoms with van der Waals surface area (Å²) in [6.07, 6.45) is 8.55. The second kappa shape index (κ2) is 11.4. The van der Waals surface area contributed by atoms with Crippen LogP contribution in [0.15, 0.2) is 107 Å². The lowest BCUT2D eigenvalue weighted by Crippen LogP contribution is -2.58. The summed E-state index contributed by atoms with van der Waals surface area (Å²) in [5, 5.41) is 21.0. The molecule has 48 heavy (non-hydrogen) atoms. The molecule has 1 saturated heterocycles. The van der Waals surface area contributed by atoms with Gasteiger partial charge in [0.1, 0.15) is 0 Å². The smallest absolute Gasteiger partial charge is 0.329 e. The van der Waals surface area contributed by atoms with Crippen molar-refractivity contribution >= 4 is 67.4 Å². The number of likely N-dealkylation sites (N-methyl/N-ethyl adjacent to an activating group) is 2. The van der Waals surface area contributed by atoms with Crippen molar-refractivity contribution < 1.29 is 14.7 Å². The van der Waals surface area contributed by atoms with Crippen LogP contribution in [0.2, 0.25) is 0 Å². The van der Waals surface area contributed by atoms with E-state index in [9.17, 15) is 14.7 Å². The molecule has 7 nitrogen and oxygen atoms in total. The molecule has 1 N–H and O–H groups in total. The number of amides is 3. The fourth-order valence-electron chi connectivity index (χ4n) is 8.00. The fraction of sp³-hybridized carbons (Fsp3) is 0.220. The van der Waals surface area contributed by atoms with E-state index >= 15 is 0 Å². The van der Waals surface area contributed by atoms with Gasteiger partial charge in [-0.15, -0.1) is 0 Å². The van der Waals surface area contributed by atoms with Crippen LogP contribution in [-0.2, 0) is 18.9 Å². The molecule has 6 aromatic rings. The van der Waals surface area contributed by atoms with Gasteiger partial charge in [0.05, 0.1) is 5.57 Å². The molecule has 1 saturated carbocycles. The van der Waals surface area contributed by atoms with E-state index in [4.69, 9.17) is 0 Å². The van der Waals surface area contributed by atoms with Crippen molar-refractivity contribution in [3.05, 3.63) is 118 Å². The predicted octanol–water partition coefficient (Wildman–Crippen LogP) is 6.24. The minimum Gasteiger partial charge on any atom is -0.369 e. The van der Waals surface area contributed by atoms with Crippen molar-refractivity contribution in [3.8, 4) is 0 Å². The molecule has 3 amide bonds. The Morgan fingerprint density at radius 2 is 1.17 bits per heavy atom. The molecule has 1 atom stereocenters. The second-order valence-corrected chi connectivity index (χ2v) is 12.7. The van der Waals surface area contributed by atoms with Crippen LogP contribution in [0.25, 0.3) is 55.5 Å². The van der Waals surface area contributed by atoms with Gasteiger partial charge in [0.15, 0.2) is 6.23 Å². The van der Waals surface area contributed by atoms with E-state index in [-0.39, 0.29) is 18.7 Å². The van der Waals surface area contributed by atoms with Gasteiger partial charge in [0.25, 0.3) is 5.91 Å². The summed E-state index contributed by atoms with van der Waals surface area (Å²) in [7, 11) is 4.17. The second-order valence-electron chi connectivity index (χ2n) is 12.7. The molecule has 0 bridgehead atoms. The van der Waals surface area contributed by atoms with E-state index in [1.54, 1.807) is 6.92 Å². The average molecular weight is 635 g/mol. The maximum absolute atomic E-state index is 14.1. The Labute approximate surface area is 278 Å². The highest BCUT2D eigenvalue weighted by Gasteiger charge is 2.43. The Hall–Kier alpha value is -5.40. The molecular weight excluding hydrogens is 596 g/mol. The number of carbonyl (C=O) groups is 2. The quantitative estimate of drug-likeness (QED) is 0.234. The summed E-state index contributed by atoms with van der Waals surface area (Å²) >= 11 is 0. The molecule has 4 aromatic carbocycles. The molecule has 0 spiro atoms. The van der Waals surface area contributed by atoms with Crippen molar-refractivity contribution in [2.24, 2.45) is 14.1 Å². The first-order valence-corrected chi connectivity index (χ1v) is 16.7. The third kappa shape index (κ3) is 4.31. The van der Waals surface area contributed by atoms with E-state index in [0.29, 0.717) is 12.8 Å². The molecule has 1 unspecified atom stereocenters. The number of aliphatic hydroxyl groups is 1. The van der Waals surface area contributed by atoms with Crippen LogP contribution in [-0.4, -0.2) is 55.3 Å². The molecular formula is C41H38N4O3. The van der Waals surface area contributed by atoms with E-state index in [1.165, 1.54) is 42.1 Å². The van der Waals surface area contributed by atoms with Crippen molar-refractivity contribution in [1.29, 1.82) is 0 Å². The van der Waals surface area contributed by atoms with Crippen molar-refractivity contribution in [1.82, 2.24) is 18.9 Å². The average Bonchev–Trinajstić information content (AvgIpc) is 3.71. The normalized spacial score (nSPS) is 21.7. The third-order valence-electron chi connectivity index (χ3n) is 10.4. The van der Waals surface area contributed by atoms with Crippen LogP contribution >= 0.6 is 0 Å². The summed E-state index contributed by atoms with van der Waals surface area (Å²) in [4.78, 5) is 29.9. The SMILES string of the molecule is CCN1C(=O)/C(=C2C(=C/C=c3/c4cccc5cccc(c54)n3C)\CCC\2=C/C=c2/c3cccc4cccc(c43)n2C)C(O)N(CC)C1=O.